The molecule has 1 amide bonds. The van der Waals surface area contributed by atoms with Gasteiger partial charge in [-0.1, -0.05) is 0 Å². The Morgan fingerprint density at radius 3 is 2.78 bits per heavy atom. The predicted octanol–water partition coefficient (Wildman–Crippen LogP) is 1.55. The normalized spacial score (nSPS) is 17.1. The van der Waals surface area contributed by atoms with E-state index in [0.717, 1.165) is 12.8 Å². The molecule has 0 unspecified atom stereocenters. The predicted molar refractivity (Wildman–Crippen MR) is 65.7 cm³/mol. The van der Waals surface area contributed by atoms with Crippen LogP contribution in [0.2, 0.25) is 5.22 Å². The third kappa shape index (κ3) is 3.25. The lowest BCUT2D eigenvalue weighted by atomic mass is 10.1. The number of piperidine rings is 1. The van der Waals surface area contributed by atoms with E-state index in [1.54, 1.807) is 17.0 Å². The van der Waals surface area contributed by atoms with Crippen molar-refractivity contribution in [3.63, 3.8) is 0 Å². The second-order valence-corrected chi connectivity index (χ2v) is 4.56. The molecule has 1 N–H and O–H groups in total. The first-order chi connectivity index (χ1) is 8.70. The monoisotopic (exact) mass is 273 g/mol. The minimum Gasteiger partial charge on any atom is -0.440 e. The average molecular weight is 274 g/mol. The molecule has 0 aromatic carbocycles. The summed E-state index contributed by atoms with van der Waals surface area (Å²) in [6.45, 7) is 1.65. The van der Waals surface area contributed by atoms with Crippen LogP contribution in [0.1, 0.15) is 23.4 Å². The summed E-state index contributed by atoms with van der Waals surface area (Å²) in [6, 6.07) is 3.14. The minimum atomic E-state index is -0.137. The highest BCUT2D eigenvalue weighted by Crippen LogP contribution is 2.19. The number of aliphatic hydroxyl groups is 1. The van der Waals surface area contributed by atoms with Gasteiger partial charge < -0.3 is 19.2 Å². The van der Waals surface area contributed by atoms with E-state index in [1.807, 2.05) is 0 Å². The number of aliphatic hydroxyl groups excluding tert-OH is 1. The number of amides is 1. The summed E-state index contributed by atoms with van der Waals surface area (Å²) in [5.74, 6) is 0.136. The van der Waals surface area contributed by atoms with Gasteiger partial charge in [-0.3, -0.25) is 4.79 Å². The fourth-order valence-corrected chi connectivity index (χ4v) is 2.18. The summed E-state index contributed by atoms with van der Waals surface area (Å²) in [4.78, 5) is 13.8. The van der Waals surface area contributed by atoms with Crippen LogP contribution < -0.4 is 0 Å². The molecule has 1 aromatic heterocycles. The summed E-state index contributed by atoms with van der Waals surface area (Å²) >= 11 is 5.64. The molecular formula is C12H16ClNO4. The second-order valence-electron chi connectivity index (χ2n) is 4.19. The number of likely N-dealkylation sites (tertiary alicyclic amines) is 1. The topological polar surface area (TPSA) is 62.9 Å². The molecule has 0 saturated carbocycles. The van der Waals surface area contributed by atoms with Gasteiger partial charge in [-0.15, -0.1) is 0 Å². The van der Waals surface area contributed by atoms with Gasteiger partial charge >= 0.3 is 0 Å². The molecule has 2 heterocycles. The van der Waals surface area contributed by atoms with E-state index in [9.17, 15) is 4.79 Å². The molecule has 5 nitrogen and oxygen atoms in total. The smallest absolute Gasteiger partial charge is 0.289 e. The van der Waals surface area contributed by atoms with Crippen molar-refractivity contribution in [2.24, 2.45) is 0 Å². The molecule has 0 radical (unpaired) electrons. The van der Waals surface area contributed by atoms with Crippen LogP contribution in [0.25, 0.3) is 0 Å². The highest BCUT2D eigenvalue weighted by Gasteiger charge is 2.25. The third-order valence-electron chi connectivity index (χ3n) is 2.96. The van der Waals surface area contributed by atoms with E-state index in [4.69, 9.17) is 25.9 Å². The van der Waals surface area contributed by atoms with Gasteiger partial charge in [0.1, 0.15) is 0 Å². The van der Waals surface area contributed by atoms with Crippen LogP contribution in [0.3, 0.4) is 0 Å². The van der Waals surface area contributed by atoms with Crippen LogP contribution in [-0.2, 0) is 4.74 Å². The fourth-order valence-electron chi connectivity index (χ4n) is 2.03. The maximum Gasteiger partial charge on any atom is 0.289 e. The van der Waals surface area contributed by atoms with E-state index >= 15 is 0 Å². The van der Waals surface area contributed by atoms with Crippen molar-refractivity contribution >= 4 is 17.5 Å². The van der Waals surface area contributed by atoms with E-state index in [0.29, 0.717) is 19.7 Å². The summed E-state index contributed by atoms with van der Waals surface area (Å²) in [5, 5.41) is 8.90. The number of hydrogen-bond donors (Lipinski definition) is 1. The van der Waals surface area contributed by atoms with Gasteiger partial charge in [0.15, 0.2) is 11.0 Å². The highest BCUT2D eigenvalue weighted by molar-refractivity contribution is 6.29. The molecule has 1 fully saturated rings. The molecular weight excluding hydrogens is 258 g/mol. The lowest BCUT2D eigenvalue weighted by Crippen LogP contribution is -2.41. The van der Waals surface area contributed by atoms with Gasteiger partial charge in [-0.2, -0.15) is 0 Å². The highest BCUT2D eigenvalue weighted by atomic mass is 35.5. The van der Waals surface area contributed by atoms with Crippen LogP contribution in [0, 0.1) is 0 Å². The van der Waals surface area contributed by atoms with Crippen LogP contribution in [0.5, 0.6) is 0 Å². The molecule has 1 aliphatic rings. The Kier molecular flexibility index (Phi) is 4.63. The van der Waals surface area contributed by atoms with Gasteiger partial charge in [0.2, 0.25) is 0 Å². The number of nitrogens with zero attached hydrogens (tertiary/aromatic N) is 1. The van der Waals surface area contributed by atoms with Crippen molar-refractivity contribution in [2.75, 3.05) is 26.3 Å². The van der Waals surface area contributed by atoms with Crippen molar-refractivity contribution in [2.45, 2.75) is 18.9 Å². The maximum absolute atomic E-state index is 12.0. The minimum absolute atomic E-state index is 0.0318. The van der Waals surface area contributed by atoms with Crippen molar-refractivity contribution in [1.29, 1.82) is 0 Å². The van der Waals surface area contributed by atoms with Crippen molar-refractivity contribution in [3.8, 4) is 0 Å². The molecule has 6 heteroatoms. The van der Waals surface area contributed by atoms with Gasteiger partial charge in [0.25, 0.3) is 5.91 Å². The molecule has 2 rings (SSSR count). The molecule has 0 bridgehead atoms. The number of carbonyl (C=O) groups is 1. The molecule has 0 spiro atoms. The van der Waals surface area contributed by atoms with Crippen LogP contribution in [0.15, 0.2) is 16.5 Å². The van der Waals surface area contributed by atoms with E-state index < -0.39 is 0 Å². The number of hydrogen-bond acceptors (Lipinski definition) is 4. The number of carbonyl (C=O) groups excluding carboxylic acids is 1. The molecule has 0 aliphatic carbocycles. The molecule has 0 atom stereocenters. The van der Waals surface area contributed by atoms with Crippen molar-refractivity contribution in [3.05, 3.63) is 23.1 Å². The largest absolute Gasteiger partial charge is 0.440 e. The molecule has 1 aromatic rings. The summed E-state index contributed by atoms with van der Waals surface area (Å²) < 4.78 is 10.5. The SMILES string of the molecule is O=C(c1ccc(Cl)o1)N1CCC(OCCO)CC1. The van der Waals surface area contributed by atoms with Gasteiger partial charge in [0.05, 0.1) is 19.3 Å². The Bertz CT molecular complexity index is 399. The van der Waals surface area contributed by atoms with Crippen LogP contribution in [0.4, 0.5) is 0 Å². The summed E-state index contributed by atoms with van der Waals surface area (Å²) in [7, 11) is 0. The molecule has 100 valence electrons. The summed E-state index contributed by atoms with van der Waals surface area (Å²) in [5.41, 5.74) is 0. The van der Waals surface area contributed by atoms with E-state index in [1.165, 1.54) is 0 Å². The van der Waals surface area contributed by atoms with Crippen LogP contribution >= 0.6 is 11.6 Å². The Balaban J connectivity index is 1.84. The fraction of sp³-hybridized carbons (Fsp3) is 0.583. The number of ether oxygens (including phenoxy) is 1. The Morgan fingerprint density at radius 2 is 2.22 bits per heavy atom. The quantitative estimate of drug-likeness (QED) is 0.904. The van der Waals surface area contributed by atoms with Gasteiger partial charge in [-0.25, -0.2) is 0 Å². The first-order valence-corrected chi connectivity index (χ1v) is 6.35. The van der Waals surface area contributed by atoms with Crippen molar-refractivity contribution in [1.82, 2.24) is 4.90 Å². The zero-order valence-electron chi connectivity index (χ0n) is 9.97. The molecule has 18 heavy (non-hydrogen) atoms. The Labute approximate surface area is 110 Å². The van der Waals surface area contributed by atoms with E-state index in [-0.39, 0.29) is 29.6 Å². The lowest BCUT2D eigenvalue weighted by molar-refractivity contribution is -0.00607. The zero-order valence-corrected chi connectivity index (χ0v) is 10.7. The third-order valence-corrected chi connectivity index (χ3v) is 3.16. The Morgan fingerprint density at radius 1 is 1.50 bits per heavy atom. The Hall–Kier alpha value is -1.04. The maximum atomic E-state index is 12.0. The average Bonchev–Trinajstić information content (AvgIpc) is 2.83. The van der Waals surface area contributed by atoms with Gasteiger partial charge in [0, 0.05) is 13.1 Å². The first kappa shape index (κ1) is 13.4. The lowest BCUT2D eigenvalue weighted by Gasteiger charge is -2.31. The number of rotatable bonds is 4. The molecule has 1 aliphatic heterocycles. The standard InChI is InChI=1S/C12H16ClNO4/c13-11-2-1-10(18-11)12(16)14-5-3-9(4-6-14)17-8-7-15/h1-2,9,15H,3-8H2. The number of furan rings is 1. The summed E-state index contributed by atoms with van der Waals surface area (Å²) in [6.07, 6.45) is 1.68. The second kappa shape index (κ2) is 6.22. The van der Waals surface area contributed by atoms with Crippen LogP contribution in [-0.4, -0.2) is 48.3 Å². The molecule has 1 saturated heterocycles. The first-order valence-electron chi connectivity index (χ1n) is 5.98. The van der Waals surface area contributed by atoms with Crippen molar-refractivity contribution < 1.29 is 19.1 Å². The zero-order chi connectivity index (χ0) is 13.0. The number of halogens is 1. The van der Waals surface area contributed by atoms with E-state index in [2.05, 4.69) is 0 Å². The van der Waals surface area contributed by atoms with Gasteiger partial charge in [-0.05, 0) is 36.6 Å².